The molecule has 0 fully saturated rings. The summed E-state index contributed by atoms with van der Waals surface area (Å²) in [5.41, 5.74) is 10.9. The van der Waals surface area contributed by atoms with Crippen molar-refractivity contribution in [3.63, 3.8) is 0 Å². The zero-order valence-corrected chi connectivity index (χ0v) is 9.66. The Hall–Kier alpha value is 0.270. The van der Waals surface area contributed by atoms with Gasteiger partial charge in [-0.15, -0.1) is 11.8 Å². The van der Waals surface area contributed by atoms with Crippen LogP contribution in [0.25, 0.3) is 0 Å². The van der Waals surface area contributed by atoms with Crippen LogP contribution in [0.4, 0.5) is 0 Å². The van der Waals surface area contributed by atoms with Crippen LogP contribution < -0.4 is 11.5 Å². The second-order valence-electron chi connectivity index (χ2n) is 2.72. The minimum atomic E-state index is 0.633. The molecule has 0 aliphatic carbocycles. The van der Waals surface area contributed by atoms with Crippen LogP contribution in [0, 0.1) is 5.92 Å². The van der Waals surface area contributed by atoms with Crippen LogP contribution in [0.1, 0.15) is 34.1 Å². The molecule has 0 saturated heterocycles. The molecule has 4 N–H and O–H groups in total. The molecule has 0 spiro atoms. The average Bonchev–Trinajstić information content (AvgIpc) is 2.08. The fraction of sp³-hybridized carbons (Fsp3) is 1.00. The summed E-state index contributed by atoms with van der Waals surface area (Å²) in [5.74, 6) is 1.35. The van der Waals surface area contributed by atoms with E-state index in [1.807, 2.05) is 13.8 Å². The van der Waals surface area contributed by atoms with Crippen molar-refractivity contribution in [2.75, 3.05) is 12.4 Å². The largest absolute Gasteiger partial charge is 0.330 e. The topological polar surface area (TPSA) is 52.0 Å². The van der Waals surface area contributed by atoms with E-state index in [1.165, 1.54) is 6.42 Å². The van der Waals surface area contributed by atoms with Gasteiger partial charge < -0.3 is 11.5 Å². The van der Waals surface area contributed by atoms with Crippen molar-refractivity contribution in [2.24, 2.45) is 17.4 Å². The van der Waals surface area contributed by atoms with Crippen molar-refractivity contribution < 1.29 is 0 Å². The Morgan fingerprint density at radius 3 is 2.00 bits per heavy atom. The minimum Gasteiger partial charge on any atom is -0.330 e. The zero-order valence-electron chi connectivity index (χ0n) is 8.84. The molecule has 0 bridgehead atoms. The van der Waals surface area contributed by atoms with Crippen molar-refractivity contribution in [1.29, 1.82) is 0 Å². The molecule has 0 heterocycles. The lowest BCUT2D eigenvalue weighted by molar-refractivity contribution is 0.543. The van der Waals surface area contributed by atoms with Gasteiger partial charge in [-0.3, -0.25) is 0 Å². The van der Waals surface area contributed by atoms with Crippen molar-refractivity contribution in [3.05, 3.63) is 0 Å². The maximum atomic E-state index is 5.48. The number of thioether (sulfide) groups is 1. The van der Waals surface area contributed by atoms with E-state index in [0.29, 0.717) is 11.2 Å². The summed E-state index contributed by atoms with van der Waals surface area (Å²) in [6, 6.07) is 0. The SMILES string of the molecule is CC.CC(CN)CC(C)SCN. The van der Waals surface area contributed by atoms with Crippen LogP contribution in [0.3, 0.4) is 0 Å². The number of rotatable bonds is 5. The summed E-state index contributed by atoms with van der Waals surface area (Å²) in [6.07, 6.45) is 1.18. The fourth-order valence-corrected chi connectivity index (χ4v) is 1.69. The van der Waals surface area contributed by atoms with Crippen LogP contribution in [0.2, 0.25) is 0 Å². The Morgan fingerprint density at radius 2 is 1.67 bits per heavy atom. The molecule has 0 aromatic rings. The summed E-state index contributed by atoms with van der Waals surface area (Å²) >= 11 is 1.80. The first kappa shape index (κ1) is 14.8. The molecule has 2 atom stereocenters. The van der Waals surface area contributed by atoms with Crippen LogP contribution >= 0.6 is 11.8 Å². The van der Waals surface area contributed by atoms with Gasteiger partial charge in [0.2, 0.25) is 0 Å². The predicted molar refractivity (Wildman–Crippen MR) is 60.3 cm³/mol. The Morgan fingerprint density at radius 1 is 1.17 bits per heavy atom. The van der Waals surface area contributed by atoms with Crippen molar-refractivity contribution in [3.8, 4) is 0 Å². The van der Waals surface area contributed by atoms with E-state index < -0.39 is 0 Å². The van der Waals surface area contributed by atoms with Gasteiger partial charge in [-0.25, -0.2) is 0 Å². The highest BCUT2D eigenvalue weighted by atomic mass is 32.2. The smallest absolute Gasteiger partial charge is 0.0395 e. The Bertz CT molecular complexity index is 78.9. The standard InChI is InChI=1S/C7H18N2S.C2H6/c1-6(4-8)3-7(2)10-5-9;1-2/h6-7H,3-5,8-9H2,1-2H3;1-2H3. The molecule has 2 unspecified atom stereocenters. The quantitative estimate of drug-likeness (QED) is 0.655. The summed E-state index contributed by atoms with van der Waals surface area (Å²) in [5, 5.41) is 0.656. The third-order valence-corrected chi connectivity index (χ3v) is 2.47. The first-order chi connectivity index (χ1) is 5.70. The van der Waals surface area contributed by atoms with Gasteiger partial charge in [-0.05, 0) is 18.9 Å². The Labute approximate surface area is 81.5 Å². The summed E-state index contributed by atoms with van der Waals surface area (Å²) < 4.78 is 0. The van der Waals surface area contributed by atoms with Gasteiger partial charge in [-0.2, -0.15) is 0 Å². The number of nitrogens with two attached hydrogens (primary N) is 2. The van der Waals surface area contributed by atoms with Gasteiger partial charge in [0.15, 0.2) is 0 Å². The molecule has 3 heteroatoms. The monoisotopic (exact) mass is 192 g/mol. The molecular formula is C9H24N2S. The molecule has 0 amide bonds. The highest BCUT2D eigenvalue weighted by Gasteiger charge is 2.05. The molecule has 0 aromatic heterocycles. The number of hydrogen-bond acceptors (Lipinski definition) is 3. The molecule has 12 heavy (non-hydrogen) atoms. The van der Waals surface area contributed by atoms with E-state index in [0.717, 1.165) is 12.4 Å². The van der Waals surface area contributed by atoms with E-state index in [1.54, 1.807) is 11.8 Å². The third kappa shape index (κ3) is 10.3. The van der Waals surface area contributed by atoms with Gasteiger partial charge in [0, 0.05) is 11.1 Å². The molecule has 0 radical (unpaired) electrons. The first-order valence-electron chi connectivity index (χ1n) is 4.72. The maximum Gasteiger partial charge on any atom is 0.0395 e. The van der Waals surface area contributed by atoms with E-state index in [4.69, 9.17) is 11.5 Å². The van der Waals surface area contributed by atoms with Crippen molar-refractivity contribution in [1.82, 2.24) is 0 Å². The maximum absolute atomic E-state index is 5.48. The minimum absolute atomic E-state index is 0.633. The molecule has 0 aliphatic heterocycles. The Balaban J connectivity index is 0. The molecule has 76 valence electrons. The van der Waals surface area contributed by atoms with Crippen LogP contribution in [-0.2, 0) is 0 Å². The molecule has 0 saturated carbocycles. The van der Waals surface area contributed by atoms with Gasteiger partial charge in [-0.1, -0.05) is 27.7 Å². The van der Waals surface area contributed by atoms with Gasteiger partial charge in [0.25, 0.3) is 0 Å². The summed E-state index contributed by atoms with van der Waals surface area (Å²) in [6.45, 7) is 9.16. The second-order valence-corrected chi connectivity index (χ2v) is 4.19. The summed E-state index contributed by atoms with van der Waals surface area (Å²) in [7, 11) is 0. The van der Waals surface area contributed by atoms with E-state index in [9.17, 15) is 0 Å². The Kier molecular flexibility index (Phi) is 13.9. The molecule has 0 rings (SSSR count). The molecule has 2 nitrogen and oxygen atoms in total. The molecule has 0 aromatic carbocycles. The normalized spacial score (nSPS) is 14.5. The summed E-state index contributed by atoms with van der Waals surface area (Å²) in [4.78, 5) is 0. The fourth-order valence-electron chi connectivity index (χ4n) is 0.895. The van der Waals surface area contributed by atoms with Crippen LogP contribution in [0.5, 0.6) is 0 Å². The van der Waals surface area contributed by atoms with E-state index >= 15 is 0 Å². The predicted octanol–water partition coefficient (Wildman–Crippen LogP) is 2.04. The van der Waals surface area contributed by atoms with Crippen LogP contribution in [-0.4, -0.2) is 17.7 Å². The van der Waals surface area contributed by atoms with Crippen molar-refractivity contribution >= 4 is 11.8 Å². The average molecular weight is 192 g/mol. The molecular weight excluding hydrogens is 168 g/mol. The lowest BCUT2D eigenvalue weighted by atomic mass is 10.1. The highest BCUT2D eigenvalue weighted by Crippen LogP contribution is 2.16. The van der Waals surface area contributed by atoms with Crippen LogP contribution in [0.15, 0.2) is 0 Å². The highest BCUT2D eigenvalue weighted by molar-refractivity contribution is 7.99. The third-order valence-electron chi connectivity index (χ3n) is 1.52. The lowest BCUT2D eigenvalue weighted by Crippen LogP contribution is -2.15. The van der Waals surface area contributed by atoms with Gasteiger partial charge in [0.05, 0.1) is 0 Å². The van der Waals surface area contributed by atoms with Gasteiger partial charge in [0.1, 0.15) is 0 Å². The second kappa shape index (κ2) is 11.3. The number of hydrogen-bond donors (Lipinski definition) is 2. The first-order valence-corrected chi connectivity index (χ1v) is 5.77. The van der Waals surface area contributed by atoms with Crippen molar-refractivity contribution in [2.45, 2.75) is 39.4 Å². The molecule has 0 aliphatic rings. The lowest BCUT2D eigenvalue weighted by Gasteiger charge is -2.13. The van der Waals surface area contributed by atoms with E-state index in [2.05, 4.69) is 13.8 Å². The zero-order chi connectivity index (χ0) is 9.98. The van der Waals surface area contributed by atoms with Gasteiger partial charge >= 0.3 is 0 Å². The van der Waals surface area contributed by atoms with E-state index in [-0.39, 0.29) is 0 Å².